The van der Waals surface area contributed by atoms with Crippen molar-refractivity contribution in [2.24, 2.45) is 5.73 Å². The molecule has 5 rings (SSSR count). The molecule has 2 N–H and O–H groups in total. The highest BCUT2D eigenvalue weighted by atomic mass is 32.2. The van der Waals surface area contributed by atoms with E-state index in [1.54, 1.807) is 16.3 Å². The lowest BCUT2D eigenvalue weighted by Gasteiger charge is -2.34. The number of primary amides is 1. The Balaban J connectivity index is 1.29. The number of nitrogens with two attached hydrogens (primary N) is 1. The lowest BCUT2D eigenvalue weighted by molar-refractivity contribution is -0.127. The molecule has 2 aliphatic rings. The minimum Gasteiger partial charge on any atom is -0.381 e. The number of morpholine rings is 1. The lowest BCUT2D eigenvalue weighted by atomic mass is 9.73. The Hall–Kier alpha value is -2.92. The van der Waals surface area contributed by atoms with Crippen molar-refractivity contribution in [2.75, 3.05) is 46.1 Å². The molecule has 37 heavy (non-hydrogen) atoms. The molecule has 3 aromatic rings. The third kappa shape index (κ3) is 5.52. The van der Waals surface area contributed by atoms with Crippen LogP contribution in [0.5, 0.6) is 0 Å². The maximum Gasteiger partial charge on any atom is 0.350 e. The largest absolute Gasteiger partial charge is 0.381 e. The highest BCUT2D eigenvalue weighted by Crippen LogP contribution is 2.37. The third-order valence-electron chi connectivity index (χ3n) is 7.31. The van der Waals surface area contributed by atoms with Crippen LogP contribution in [-0.4, -0.2) is 71.2 Å². The number of hydrogen-bond donors (Lipinski definition) is 1. The molecule has 0 saturated carbocycles. The van der Waals surface area contributed by atoms with Crippen LogP contribution in [-0.2, 0) is 26.2 Å². The van der Waals surface area contributed by atoms with Crippen LogP contribution in [0.25, 0.3) is 5.69 Å². The monoisotopic (exact) mass is 523 g/mol. The fourth-order valence-electron chi connectivity index (χ4n) is 5.03. The van der Waals surface area contributed by atoms with Gasteiger partial charge >= 0.3 is 5.69 Å². The zero-order valence-corrected chi connectivity index (χ0v) is 21.9. The molecule has 0 radical (unpaired) electrons. The molecule has 2 aliphatic heterocycles. The molecule has 1 amide bonds. The first-order valence-electron chi connectivity index (χ1n) is 12.7. The molecule has 2 fully saturated rings. The number of ether oxygens (including phenoxy) is 2. The first-order chi connectivity index (χ1) is 18.0. The molecule has 0 aliphatic carbocycles. The highest BCUT2D eigenvalue weighted by molar-refractivity contribution is 7.99. The smallest absolute Gasteiger partial charge is 0.350 e. The summed E-state index contributed by atoms with van der Waals surface area (Å²) in [6.07, 6.45) is 1.19. The van der Waals surface area contributed by atoms with E-state index in [2.05, 4.69) is 16.1 Å². The number of carbonyl (C=O) groups is 1. The molecule has 1 aromatic heterocycles. The van der Waals surface area contributed by atoms with E-state index in [-0.39, 0.29) is 11.6 Å². The van der Waals surface area contributed by atoms with Gasteiger partial charge in [0.05, 0.1) is 24.3 Å². The average Bonchev–Trinajstić information content (AvgIpc) is 3.21. The Morgan fingerprint density at radius 2 is 1.70 bits per heavy atom. The van der Waals surface area contributed by atoms with Gasteiger partial charge in [0.25, 0.3) is 0 Å². The summed E-state index contributed by atoms with van der Waals surface area (Å²) < 4.78 is 14.1. The summed E-state index contributed by atoms with van der Waals surface area (Å²) >= 11 is 1.60. The molecule has 2 saturated heterocycles. The SMILES string of the molecule is Cc1nn(-c2ccc(Sc3cccc(C4(C(N)=O)CCOCC4)c3)cc2)c(=O)n1CCN1CCOCC1. The van der Waals surface area contributed by atoms with Crippen molar-refractivity contribution in [3.05, 3.63) is 70.4 Å². The van der Waals surface area contributed by atoms with Gasteiger partial charge in [-0.2, -0.15) is 9.78 Å². The molecule has 9 nitrogen and oxygen atoms in total. The third-order valence-corrected chi connectivity index (χ3v) is 8.31. The summed E-state index contributed by atoms with van der Waals surface area (Å²) in [5.41, 5.74) is 6.70. The van der Waals surface area contributed by atoms with Crippen molar-refractivity contribution >= 4 is 17.7 Å². The Kier molecular flexibility index (Phi) is 7.80. The normalized spacial score (nSPS) is 18.1. The van der Waals surface area contributed by atoms with Crippen molar-refractivity contribution < 1.29 is 14.3 Å². The molecule has 2 aromatic carbocycles. The van der Waals surface area contributed by atoms with Gasteiger partial charge in [0.1, 0.15) is 5.82 Å². The minimum atomic E-state index is -0.682. The predicted octanol–water partition coefficient (Wildman–Crippen LogP) is 2.36. The summed E-state index contributed by atoms with van der Waals surface area (Å²) in [5, 5.41) is 4.51. The van der Waals surface area contributed by atoms with E-state index in [1.165, 1.54) is 4.68 Å². The van der Waals surface area contributed by atoms with E-state index in [4.69, 9.17) is 15.2 Å². The Labute approximate surface area is 220 Å². The molecular weight excluding hydrogens is 490 g/mol. The molecule has 0 atom stereocenters. The summed E-state index contributed by atoms with van der Waals surface area (Å²) in [7, 11) is 0. The molecular formula is C27H33N5O4S. The van der Waals surface area contributed by atoms with Gasteiger partial charge in [0.15, 0.2) is 0 Å². The molecule has 196 valence electrons. The zero-order chi connectivity index (χ0) is 25.8. The second-order valence-corrected chi connectivity index (χ2v) is 10.7. The van der Waals surface area contributed by atoms with Crippen LogP contribution in [0, 0.1) is 6.92 Å². The van der Waals surface area contributed by atoms with Gasteiger partial charge in [-0.15, -0.1) is 0 Å². The van der Waals surface area contributed by atoms with Crippen LogP contribution in [0.2, 0.25) is 0 Å². The van der Waals surface area contributed by atoms with Crippen LogP contribution in [0.1, 0.15) is 24.2 Å². The first kappa shape index (κ1) is 25.7. The molecule has 0 unspecified atom stereocenters. The number of nitrogens with zero attached hydrogens (tertiary/aromatic N) is 4. The van der Waals surface area contributed by atoms with Crippen molar-refractivity contribution in [3.8, 4) is 5.69 Å². The second kappa shape index (κ2) is 11.2. The fourth-order valence-corrected chi connectivity index (χ4v) is 5.91. The number of rotatable bonds is 8. The van der Waals surface area contributed by atoms with Gasteiger partial charge in [-0.3, -0.25) is 14.3 Å². The Morgan fingerprint density at radius 1 is 1.00 bits per heavy atom. The zero-order valence-electron chi connectivity index (χ0n) is 21.1. The van der Waals surface area contributed by atoms with Gasteiger partial charge < -0.3 is 15.2 Å². The predicted molar refractivity (Wildman–Crippen MR) is 141 cm³/mol. The Bertz CT molecular complexity index is 1290. The summed E-state index contributed by atoms with van der Waals surface area (Å²) in [6, 6.07) is 15.8. The summed E-state index contributed by atoms with van der Waals surface area (Å²) in [5.74, 6) is 0.400. The van der Waals surface area contributed by atoms with Crippen LogP contribution >= 0.6 is 11.8 Å². The van der Waals surface area contributed by atoms with E-state index in [9.17, 15) is 9.59 Å². The van der Waals surface area contributed by atoms with Crippen molar-refractivity contribution in [1.82, 2.24) is 19.2 Å². The minimum absolute atomic E-state index is 0.132. The standard InChI is InChI=1S/C27H33N5O4S/c1-20-29-32(26(34)31(20)12-11-30-13-17-36-18-14-30)22-5-7-23(8-6-22)37-24-4-2-3-21(19-24)27(25(28)33)9-15-35-16-10-27/h2-8,19H,9-18H2,1H3,(H2,28,33). The molecule has 10 heteroatoms. The van der Waals surface area contributed by atoms with E-state index in [0.717, 1.165) is 53.9 Å². The van der Waals surface area contributed by atoms with E-state index < -0.39 is 5.41 Å². The highest BCUT2D eigenvalue weighted by Gasteiger charge is 2.40. The van der Waals surface area contributed by atoms with E-state index in [0.29, 0.717) is 38.4 Å². The van der Waals surface area contributed by atoms with Gasteiger partial charge in [0, 0.05) is 49.2 Å². The molecule has 3 heterocycles. The maximum absolute atomic E-state index is 13.1. The first-order valence-corrected chi connectivity index (χ1v) is 13.5. The second-order valence-electron chi connectivity index (χ2n) is 9.53. The number of benzene rings is 2. The van der Waals surface area contributed by atoms with E-state index in [1.807, 2.05) is 49.4 Å². The van der Waals surface area contributed by atoms with Crippen LogP contribution in [0.3, 0.4) is 0 Å². The number of hydrogen-bond acceptors (Lipinski definition) is 7. The number of aryl methyl sites for hydroxylation is 1. The number of carbonyl (C=O) groups excluding carboxylic acids is 1. The van der Waals surface area contributed by atoms with Crippen molar-refractivity contribution in [3.63, 3.8) is 0 Å². The van der Waals surface area contributed by atoms with Gasteiger partial charge in [0.2, 0.25) is 5.91 Å². The van der Waals surface area contributed by atoms with Gasteiger partial charge in [-0.05, 0) is 61.7 Å². The van der Waals surface area contributed by atoms with Gasteiger partial charge in [-0.1, -0.05) is 23.9 Å². The fraction of sp³-hybridized carbons (Fsp3) is 0.444. The van der Waals surface area contributed by atoms with Crippen LogP contribution in [0.15, 0.2) is 63.1 Å². The van der Waals surface area contributed by atoms with Crippen molar-refractivity contribution in [2.45, 2.75) is 41.5 Å². The van der Waals surface area contributed by atoms with Crippen LogP contribution in [0.4, 0.5) is 0 Å². The summed E-state index contributed by atoms with van der Waals surface area (Å²) in [4.78, 5) is 29.8. The van der Waals surface area contributed by atoms with E-state index >= 15 is 0 Å². The molecule has 0 bridgehead atoms. The van der Waals surface area contributed by atoms with Crippen LogP contribution < -0.4 is 11.4 Å². The number of aromatic nitrogens is 3. The molecule has 0 spiro atoms. The topological polar surface area (TPSA) is 105 Å². The van der Waals surface area contributed by atoms with Gasteiger partial charge in [-0.25, -0.2) is 4.79 Å². The average molecular weight is 524 g/mol. The lowest BCUT2D eigenvalue weighted by Crippen LogP contribution is -2.45. The number of amides is 1. The Morgan fingerprint density at radius 3 is 2.41 bits per heavy atom. The quantitative estimate of drug-likeness (QED) is 0.483. The van der Waals surface area contributed by atoms with Crippen molar-refractivity contribution in [1.29, 1.82) is 0 Å². The maximum atomic E-state index is 13.1. The summed E-state index contributed by atoms with van der Waals surface area (Å²) in [6.45, 7) is 7.59.